The van der Waals surface area contributed by atoms with E-state index < -0.39 is 0 Å². The number of piperidine rings is 1. The lowest BCUT2D eigenvalue weighted by Crippen LogP contribution is -2.38. The first-order valence-corrected chi connectivity index (χ1v) is 5.69. The van der Waals surface area contributed by atoms with Crippen LogP contribution in [-0.4, -0.2) is 16.5 Å². The van der Waals surface area contributed by atoms with Crippen LogP contribution in [0.4, 0.5) is 0 Å². The van der Waals surface area contributed by atoms with E-state index in [0.29, 0.717) is 11.2 Å². The topological polar surface area (TPSA) is 42.1 Å². The van der Waals surface area contributed by atoms with Crippen molar-refractivity contribution in [2.75, 3.05) is 6.54 Å². The maximum atomic E-state index is 5.97. The summed E-state index contributed by atoms with van der Waals surface area (Å²) in [4.78, 5) is 4.17. The van der Waals surface area contributed by atoms with Gasteiger partial charge in [0.15, 0.2) is 0 Å². The molecule has 0 radical (unpaired) electrons. The highest BCUT2D eigenvalue weighted by atomic mass is 35.5. The summed E-state index contributed by atoms with van der Waals surface area (Å²) in [6, 6.07) is 2.40. The zero-order valence-electron chi connectivity index (χ0n) is 8.91. The number of rotatable bonds is 1. The molecule has 1 aliphatic heterocycles. The lowest BCUT2D eigenvalue weighted by atomic mass is 9.97. The quantitative estimate of drug-likeness (QED) is 0.590. The molecule has 0 bridgehead atoms. The van der Waals surface area contributed by atoms with E-state index in [1.165, 1.54) is 18.4 Å². The third kappa shape index (κ3) is 2.30. The van der Waals surface area contributed by atoms with Gasteiger partial charge >= 0.3 is 0 Å². The number of nitrogens with two attached hydrogens (primary N) is 1. The summed E-state index contributed by atoms with van der Waals surface area (Å²) >= 11 is 5.90. The summed E-state index contributed by atoms with van der Waals surface area (Å²) in [5.41, 5.74) is 2.20. The Morgan fingerprint density at radius 3 is 3.00 bits per heavy atom. The molecular weight excluding hydrogens is 210 g/mol. The van der Waals surface area contributed by atoms with E-state index in [-0.39, 0.29) is 0 Å². The van der Waals surface area contributed by atoms with Gasteiger partial charge < -0.3 is 0 Å². The van der Waals surface area contributed by atoms with Crippen molar-refractivity contribution in [3.05, 3.63) is 28.5 Å². The maximum Gasteiger partial charge on any atom is 0.131 e. The van der Waals surface area contributed by atoms with Gasteiger partial charge in [-0.1, -0.05) is 18.0 Å². The van der Waals surface area contributed by atoms with Crippen LogP contribution in [0.3, 0.4) is 0 Å². The molecule has 0 unspecified atom stereocenters. The van der Waals surface area contributed by atoms with Crippen LogP contribution < -0.4 is 5.84 Å². The molecule has 0 spiro atoms. The summed E-state index contributed by atoms with van der Waals surface area (Å²) < 4.78 is 0. The fourth-order valence-corrected chi connectivity index (χ4v) is 2.18. The maximum absolute atomic E-state index is 5.97. The highest BCUT2D eigenvalue weighted by Gasteiger charge is 2.21. The Hall–Kier alpha value is -0.640. The predicted molar refractivity (Wildman–Crippen MR) is 61.5 cm³/mol. The summed E-state index contributed by atoms with van der Waals surface area (Å²) in [5, 5.41) is 2.49. The molecule has 4 heteroatoms. The standard InChI is InChI=1S/C11H16ClN3/c1-8-6-9(7-14-11(8)12)10-4-2-3-5-15(10)13/h6-7,10H,2-5,13H2,1H3/t10-/m1/s1. The number of halogens is 1. The first kappa shape index (κ1) is 10.9. The van der Waals surface area contributed by atoms with Crippen LogP contribution in [0.2, 0.25) is 5.15 Å². The number of hydrogen-bond acceptors (Lipinski definition) is 3. The minimum atomic E-state index is 0.308. The second-order valence-corrected chi connectivity index (χ2v) is 4.48. The number of hydrogen-bond donors (Lipinski definition) is 1. The number of nitrogens with zero attached hydrogens (tertiary/aromatic N) is 2. The number of hydrazine groups is 1. The summed E-state index contributed by atoms with van der Waals surface area (Å²) in [5.74, 6) is 5.97. The van der Waals surface area contributed by atoms with Gasteiger partial charge in [0.25, 0.3) is 0 Å². The van der Waals surface area contributed by atoms with Crippen LogP contribution in [0, 0.1) is 6.92 Å². The molecule has 1 fully saturated rings. The number of pyridine rings is 1. The van der Waals surface area contributed by atoms with Gasteiger partial charge in [-0.2, -0.15) is 0 Å². The van der Waals surface area contributed by atoms with Gasteiger partial charge in [-0.25, -0.2) is 9.99 Å². The van der Waals surface area contributed by atoms with Gasteiger partial charge in [0, 0.05) is 12.7 Å². The van der Waals surface area contributed by atoms with Crippen molar-refractivity contribution in [2.45, 2.75) is 32.2 Å². The summed E-state index contributed by atoms with van der Waals surface area (Å²) in [6.07, 6.45) is 5.37. The van der Waals surface area contributed by atoms with Crippen LogP contribution >= 0.6 is 11.6 Å². The van der Waals surface area contributed by atoms with Gasteiger partial charge in [0.05, 0.1) is 6.04 Å². The molecule has 2 rings (SSSR count). The van der Waals surface area contributed by atoms with Gasteiger partial charge in [0.1, 0.15) is 5.15 Å². The Balaban J connectivity index is 2.24. The number of aromatic nitrogens is 1. The first-order valence-electron chi connectivity index (χ1n) is 5.32. The van der Waals surface area contributed by atoms with Crippen LogP contribution in [-0.2, 0) is 0 Å². The van der Waals surface area contributed by atoms with Crippen LogP contribution in [0.5, 0.6) is 0 Å². The fraction of sp³-hybridized carbons (Fsp3) is 0.545. The highest BCUT2D eigenvalue weighted by molar-refractivity contribution is 6.30. The van der Waals surface area contributed by atoms with Crippen molar-refractivity contribution >= 4 is 11.6 Å². The average Bonchev–Trinajstić information content (AvgIpc) is 2.23. The lowest BCUT2D eigenvalue weighted by molar-refractivity contribution is 0.151. The second kappa shape index (κ2) is 4.47. The van der Waals surface area contributed by atoms with Crippen molar-refractivity contribution in [3.63, 3.8) is 0 Å². The van der Waals surface area contributed by atoms with Crippen LogP contribution in [0.15, 0.2) is 12.3 Å². The third-order valence-electron chi connectivity index (χ3n) is 2.96. The second-order valence-electron chi connectivity index (χ2n) is 4.13. The third-order valence-corrected chi connectivity index (χ3v) is 3.36. The SMILES string of the molecule is Cc1cc([C@H]2CCCCN2N)cnc1Cl. The largest absolute Gasteiger partial charge is 0.268 e. The molecule has 0 saturated carbocycles. The van der Waals surface area contributed by atoms with E-state index in [2.05, 4.69) is 11.1 Å². The normalized spacial score (nSPS) is 23.0. The summed E-state index contributed by atoms with van der Waals surface area (Å²) in [6.45, 7) is 2.94. The van der Waals surface area contributed by atoms with Crippen molar-refractivity contribution in [1.82, 2.24) is 9.99 Å². The van der Waals surface area contributed by atoms with E-state index in [9.17, 15) is 0 Å². The van der Waals surface area contributed by atoms with E-state index in [0.717, 1.165) is 18.5 Å². The Bertz CT molecular complexity index is 354. The van der Waals surface area contributed by atoms with E-state index in [4.69, 9.17) is 17.4 Å². The molecule has 3 nitrogen and oxygen atoms in total. The van der Waals surface area contributed by atoms with E-state index in [1.807, 2.05) is 18.1 Å². The van der Waals surface area contributed by atoms with Gasteiger partial charge in [-0.05, 0) is 37.0 Å². The molecule has 1 aliphatic rings. The Labute approximate surface area is 95.2 Å². The first-order chi connectivity index (χ1) is 7.18. The summed E-state index contributed by atoms with van der Waals surface area (Å²) in [7, 11) is 0. The molecular formula is C11H16ClN3. The van der Waals surface area contributed by atoms with Gasteiger partial charge in [-0.3, -0.25) is 5.84 Å². The van der Waals surface area contributed by atoms with E-state index >= 15 is 0 Å². The molecule has 82 valence electrons. The minimum Gasteiger partial charge on any atom is -0.268 e. The minimum absolute atomic E-state index is 0.308. The molecule has 0 amide bonds. The van der Waals surface area contributed by atoms with Crippen molar-refractivity contribution in [3.8, 4) is 0 Å². The average molecular weight is 226 g/mol. The van der Waals surface area contributed by atoms with Crippen molar-refractivity contribution < 1.29 is 0 Å². The molecule has 1 atom stereocenters. The Kier molecular flexibility index (Phi) is 3.24. The van der Waals surface area contributed by atoms with Crippen molar-refractivity contribution in [1.29, 1.82) is 0 Å². The van der Waals surface area contributed by atoms with Gasteiger partial charge in [0.2, 0.25) is 0 Å². The molecule has 0 aromatic carbocycles. The smallest absolute Gasteiger partial charge is 0.131 e. The monoisotopic (exact) mass is 225 g/mol. The molecule has 0 aliphatic carbocycles. The molecule has 1 aromatic heterocycles. The lowest BCUT2D eigenvalue weighted by Gasteiger charge is -2.32. The molecule has 1 aromatic rings. The highest BCUT2D eigenvalue weighted by Crippen LogP contribution is 2.29. The zero-order chi connectivity index (χ0) is 10.8. The zero-order valence-corrected chi connectivity index (χ0v) is 9.67. The Morgan fingerprint density at radius 2 is 2.33 bits per heavy atom. The van der Waals surface area contributed by atoms with Crippen LogP contribution in [0.1, 0.15) is 36.4 Å². The van der Waals surface area contributed by atoms with Crippen molar-refractivity contribution in [2.24, 2.45) is 5.84 Å². The number of aryl methyl sites for hydroxylation is 1. The molecule has 15 heavy (non-hydrogen) atoms. The molecule has 2 N–H and O–H groups in total. The molecule has 2 heterocycles. The Morgan fingerprint density at radius 1 is 1.53 bits per heavy atom. The van der Waals surface area contributed by atoms with E-state index in [1.54, 1.807) is 0 Å². The van der Waals surface area contributed by atoms with Gasteiger partial charge in [-0.15, -0.1) is 0 Å². The van der Waals surface area contributed by atoms with Crippen LogP contribution in [0.25, 0.3) is 0 Å². The molecule has 1 saturated heterocycles. The predicted octanol–water partition coefficient (Wildman–Crippen LogP) is 2.44. The fourth-order valence-electron chi connectivity index (χ4n) is 2.07.